The Bertz CT molecular complexity index is 1140. The van der Waals surface area contributed by atoms with E-state index >= 15 is 0 Å². The van der Waals surface area contributed by atoms with E-state index in [-0.39, 0.29) is 29.5 Å². The first-order valence-corrected chi connectivity index (χ1v) is 13.5. The Hall–Kier alpha value is -2.24. The summed E-state index contributed by atoms with van der Waals surface area (Å²) < 4.78 is 41.6. The first kappa shape index (κ1) is 24.9. The third kappa shape index (κ3) is 5.21. The minimum atomic E-state index is -3.74. The number of fused-ring (bicyclic) bond motifs is 1. The molecule has 2 heterocycles. The zero-order valence-electron chi connectivity index (χ0n) is 19.8. The van der Waals surface area contributed by atoms with Crippen molar-refractivity contribution in [1.82, 2.24) is 9.21 Å². The fraction of sp³-hybridized carbons (Fsp3) is 0.481. The zero-order chi connectivity index (χ0) is 24.3. The lowest BCUT2D eigenvalue weighted by Crippen LogP contribution is -2.67. The SMILES string of the molecule is CC(C)CC#Cc1ccc([C@@H]2[C@H]3CN(S(=O)(=O)c4ccc(F)cc4)CCCCN3[C@H]2CO)cc1. The molecule has 0 aromatic heterocycles. The predicted octanol–water partition coefficient (Wildman–Crippen LogP) is 3.84. The topological polar surface area (TPSA) is 60.9 Å². The van der Waals surface area contributed by atoms with Gasteiger partial charge in [0, 0.05) is 43.1 Å². The summed E-state index contributed by atoms with van der Waals surface area (Å²) in [6, 6.07) is 13.1. The van der Waals surface area contributed by atoms with Gasteiger partial charge >= 0.3 is 0 Å². The summed E-state index contributed by atoms with van der Waals surface area (Å²) >= 11 is 0. The zero-order valence-corrected chi connectivity index (χ0v) is 20.6. The lowest BCUT2D eigenvalue weighted by Gasteiger charge is -2.57. The quantitative estimate of drug-likeness (QED) is 0.656. The maximum Gasteiger partial charge on any atom is 0.243 e. The number of aliphatic hydroxyl groups is 1. The third-order valence-electron chi connectivity index (χ3n) is 6.82. The molecule has 0 amide bonds. The first-order chi connectivity index (χ1) is 16.3. The van der Waals surface area contributed by atoms with Gasteiger partial charge in [0.25, 0.3) is 0 Å². The van der Waals surface area contributed by atoms with E-state index in [1.807, 2.05) is 12.1 Å². The summed E-state index contributed by atoms with van der Waals surface area (Å²) in [7, 11) is -3.74. The van der Waals surface area contributed by atoms with Gasteiger partial charge in [0.2, 0.25) is 10.0 Å². The van der Waals surface area contributed by atoms with Crippen molar-refractivity contribution in [2.24, 2.45) is 5.92 Å². The van der Waals surface area contributed by atoms with E-state index in [0.29, 0.717) is 19.0 Å². The minimum Gasteiger partial charge on any atom is -0.395 e. The summed E-state index contributed by atoms with van der Waals surface area (Å²) in [6.45, 7) is 5.94. The van der Waals surface area contributed by atoms with Crippen LogP contribution in [0, 0.1) is 23.6 Å². The van der Waals surface area contributed by atoms with Crippen LogP contribution in [0.4, 0.5) is 4.39 Å². The van der Waals surface area contributed by atoms with Crippen molar-refractivity contribution in [3.05, 3.63) is 65.5 Å². The molecule has 5 nitrogen and oxygen atoms in total. The Balaban J connectivity index is 1.57. The van der Waals surface area contributed by atoms with E-state index in [0.717, 1.165) is 36.9 Å². The molecule has 4 rings (SSSR count). The van der Waals surface area contributed by atoms with Crippen LogP contribution in [0.3, 0.4) is 0 Å². The lowest BCUT2D eigenvalue weighted by atomic mass is 9.74. The number of hydrogen-bond donors (Lipinski definition) is 1. The predicted molar refractivity (Wildman–Crippen MR) is 131 cm³/mol. The van der Waals surface area contributed by atoms with Gasteiger partial charge in [0.05, 0.1) is 11.5 Å². The number of halogens is 1. The Labute approximate surface area is 202 Å². The maximum atomic E-state index is 13.4. The van der Waals surface area contributed by atoms with Crippen molar-refractivity contribution < 1.29 is 17.9 Å². The number of rotatable bonds is 5. The molecule has 2 saturated heterocycles. The largest absolute Gasteiger partial charge is 0.395 e. The monoisotopic (exact) mass is 484 g/mol. The molecule has 0 saturated carbocycles. The molecule has 2 aromatic rings. The van der Waals surface area contributed by atoms with Crippen molar-refractivity contribution >= 4 is 10.0 Å². The van der Waals surface area contributed by atoms with Gasteiger partial charge in [-0.25, -0.2) is 12.8 Å². The molecule has 0 radical (unpaired) electrons. The van der Waals surface area contributed by atoms with Crippen molar-refractivity contribution in [1.29, 1.82) is 0 Å². The summed E-state index contributed by atoms with van der Waals surface area (Å²) in [5.41, 5.74) is 2.05. The normalized spacial score (nSPS) is 23.9. The minimum absolute atomic E-state index is 0.0226. The molecule has 7 heteroatoms. The van der Waals surface area contributed by atoms with Gasteiger partial charge in [0.15, 0.2) is 0 Å². The number of aliphatic hydroxyl groups excluding tert-OH is 1. The fourth-order valence-electron chi connectivity index (χ4n) is 5.03. The Morgan fingerprint density at radius 3 is 2.38 bits per heavy atom. The summed E-state index contributed by atoms with van der Waals surface area (Å²) in [5, 5.41) is 10.1. The van der Waals surface area contributed by atoms with Gasteiger partial charge in [-0.1, -0.05) is 37.8 Å². The van der Waals surface area contributed by atoms with Gasteiger partial charge in [-0.2, -0.15) is 4.31 Å². The molecular formula is C27H33FN2O3S. The highest BCUT2D eigenvalue weighted by molar-refractivity contribution is 7.89. The van der Waals surface area contributed by atoms with Crippen molar-refractivity contribution in [2.75, 3.05) is 26.2 Å². The molecule has 34 heavy (non-hydrogen) atoms. The van der Waals surface area contributed by atoms with Gasteiger partial charge in [-0.05, 0) is 67.3 Å². The van der Waals surface area contributed by atoms with Crippen LogP contribution in [0.15, 0.2) is 53.4 Å². The van der Waals surface area contributed by atoms with E-state index in [2.05, 4.69) is 42.7 Å². The van der Waals surface area contributed by atoms with Crippen LogP contribution < -0.4 is 0 Å². The lowest BCUT2D eigenvalue weighted by molar-refractivity contribution is -0.0553. The van der Waals surface area contributed by atoms with Crippen molar-refractivity contribution in [2.45, 2.75) is 56.0 Å². The van der Waals surface area contributed by atoms with Crippen molar-refractivity contribution in [3.63, 3.8) is 0 Å². The first-order valence-electron chi connectivity index (χ1n) is 12.0. The molecule has 0 unspecified atom stereocenters. The summed E-state index contributed by atoms with van der Waals surface area (Å²) in [5.74, 6) is 6.52. The highest BCUT2D eigenvalue weighted by atomic mass is 32.2. The molecule has 2 aliphatic rings. The van der Waals surface area contributed by atoms with E-state index in [4.69, 9.17) is 0 Å². The highest BCUT2D eigenvalue weighted by Gasteiger charge is 2.50. The smallest absolute Gasteiger partial charge is 0.243 e. The van der Waals surface area contributed by atoms with Crippen LogP contribution in [0.2, 0.25) is 0 Å². The van der Waals surface area contributed by atoms with Gasteiger partial charge in [-0.15, -0.1) is 0 Å². The molecule has 182 valence electrons. The Kier molecular flexibility index (Phi) is 7.73. The number of nitrogens with zero attached hydrogens (tertiary/aromatic N) is 2. The summed E-state index contributed by atoms with van der Waals surface area (Å²) in [4.78, 5) is 2.35. The Morgan fingerprint density at radius 2 is 1.74 bits per heavy atom. The molecule has 0 spiro atoms. The molecule has 0 bridgehead atoms. The van der Waals surface area contributed by atoms with Crippen molar-refractivity contribution in [3.8, 4) is 11.8 Å². The van der Waals surface area contributed by atoms with Gasteiger partial charge in [0.1, 0.15) is 5.82 Å². The van der Waals surface area contributed by atoms with Crippen LogP contribution in [-0.2, 0) is 10.0 Å². The standard InChI is InChI=1S/C27H33FN2O3S/c1-20(2)6-5-7-21-8-10-22(11-9-21)27-25-18-29(16-3-4-17-30(25)26(27)19-31)34(32,33)24-14-12-23(28)13-15-24/h8-15,20,25-27,31H,3-4,6,16-19H2,1-2H3/t25-,26+,27-/m1/s1. The van der Waals surface area contributed by atoms with Crippen LogP contribution in [0.1, 0.15) is 50.2 Å². The van der Waals surface area contributed by atoms with Gasteiger partial charge < -0.3 is 5.11 Å². The molecular weight excluding hydrogens is 451 g/mol. The maximum absolute atomic E-state index is 13.4. The third-order valence-corrected chi connectivity index (χ3v) is 8.70. The van der Waals surface area contributed by atoms with E-state index in [1.165, 1.54) is 28.6 Å². The second-order valence-corrected chi connectivity index (χ2v) is 11.6. The molecule has 0 aliphatic carbocycles. The molecule has 2 fully saturated rings. The van der Waals surface area contributed by atoms with E-state index in [1.54, 1.807) is 0 Å². The molecule has 2 aliphatic heterocycles. The van der Waals surface area contributed by atoms with Crippen LogP contribution in [0.5, 0.6) is 0 Å². The second kappa shape index (κ2) is 10.6. The fourth-order valence-corrected chi connectivity index (χ4v) is 6.53. The van der Waals surface area contributed by atoms with E-state index < -0.39 is 15.8 Å². The van der Waals surface area contributed by atoms with Crippen LogP contribution in [-0.4, -0.2) is 61.1 Å². The Morgan fingerprint density at radius 1 is 1.06 bits per heavy atom. The highest BCUT2D eigenvalue weighted by Crippen LogP contribution is 2.42. The number of benzene rings is 2. The molecule has 1 N–H and O–H groups in total. The molecule has 3 atom stereocenters. The average molecular weight is 485 g/mol. The van der Waals surface area contributed by atoms with E-state index in [9.17, 15) is 17.9 Å². The summed E-state index contributed by atoms with van der Waals surface area (Å²) in [6.07, 6.45) is 2.46. The van der Waals surface area contributed by atoms with Crippen LogP contribution >= 0.6 is 0 Å². The van der Waals surface area contributed by atoms with Crippen LogP contribution in [0.25, 0.3) is 0 Å². The van der Waals surface area contributed by atoms with Gasteiger partial charge in [-0.3, -0.25) is 4.90 Å². The number of hydrogen-bond acceptors (Lipinski definition) is 4. The average Bonchev–Trinajstić information content (AvgIpc) is 2.79. The number of sulfonamides is 1. The molecule has 2 aromatic carbocycles. The second-order valence-electron chi connectivity index (χ2n) is 9.63.